The van der Waals surface area contributed by atoms with Crippen molar-refractivity contribution >= 4 is 0 Å². The predicted molar refractivity (Wildman–Crippen MR) is 77.4 cm³/mol. The lowest BCUT2D eigenvalue weighted by atomic mass is 9.92. The second-order valence-corrected chi connectivity index (χ2v) is 5.48. The van der Waals surface area contributed by atoms with E-state index in [1.54, 1.807) is 0 Å². The Morgan fingerprint density at radius 2 is 2.19 bits per heavy atom. The summed E-state index contributed by atoms with van der Waals surface area (Å²) in [6.45, 7) is 4.50. The summed E-state index contributed by atoms with van der Waals surface area (Å²) >= 11 is 0. The lowest BCUT2D eigenvalue weighted by Gasteiger charge is -2.23. The monoisotopic (exact) mass is 288 g/mol. The third kappa shape index (κ3) is 2.65. The largest absolute Gasteiger partial charge is 0.493 e. The van der Waals surface area contributed by atoms with Gasteiger partial charge in [-0.1, -0.05) is 37.2 Å². The molecule has 0 bridgehead atoms. The van der Waals surface area contributed by atoms with Crippen molar-refractivity contribution < 1.29 is 14.4 Å². The van der Waals surface area contributed by atoms with Crippen molar-refractivity contribution in [3.05, 3.63) is 41.5 Å². The van der Waals surface area contributed by atoms with Crippen molar-refractivity contribution in [2.45, 2.75) is 44.6 Å². The number of rotatable bonds is 4. The zero-order valence-electron chi connectivity index (χ0n) is 12.3. The van der Waals surface area contributed by atoms with Gasteiger partial charge in [0, 0.05) is 5.56 Å². The number of benzene rings is 1. The summed E-state index contributed by atoms with van der Waals surface area (Å²) < 4.78 is 11.0. The number of hydrogen-bond acceptors (Lipinski definition) is 5. The SMILES string of the molecule is CCC(O)C(C)c1nc(C2CCOc3ccccc32)no1. The molecule has 0 aliphatic carbocycles. The van der Waals surface area contributed by atoms with Gasteiger partial charge in [-0.2, -0.15) is 4.98 Å². The molecule has 1 aliphatic heterocycles. The second-order valence-electron chi connectivity index (χ2n) is 5.48. The Morgan fingerprint density at radius 1 is 1.38 bits per heavy atom. The normalized spacial score (nSPS) is 20.4. The van der Waals surface area contributed by atoms with Crippen LogP contribution in [0.1, 0.15) is 55.8 Å². The van der Waals surface area contributed by atoms with E-state index < -0.39 is 6.10 Å². The molecule has 0 radical (unpaired) electrons. The molecule has 1 aliphatic rings. The molecule has 21 heavy (non-hydrogen) atoms. The summed E-state index contributed by atoms with van der Waals surface area (Å²) in [5.74, 6) is 2.02. The summed E-state index contributed by atoms with van der Waals surface area (Å²) in [5.41, 5.74) is 1.10. The maximum absolute atomic E-state index is 9.91. The lowest BCUT2D eigenvalue weighted by Crippen LogP contribution is -2.17. The van der Waals surface area contributed by atoms with Crippen LogP contribution >= 0.6 is 0 Å². The van der Waals surface area contributed by atoms with Crippen LogP contribution in [0.5, 0.6) is 5.75 Å². The number of hydrogen-bond donors (Lipinski definition) is 1. The first-order valence-corrected chi connectivity index (χ1v) is 7.44. The smallest absolute Gasteiger partial charge is 0.232 e. The topological polar surface area (TPSA) is 68.4 Å². The molecule has 2 aromatic rings. The Bertz CT molecular complexity index is 611. The van der Waals surface area contributed by atoms with Gasteiger partial charge < -0.3 is 14.4 Å². The molecular weight excluding hydrogens is 268 g/mol. The molecule has 1 aromatic heterocycles. The van der Waals surface area contributed by atoms with E-state index in [4.69, 9.17) is 9.26 Å². The fourth-order valence-corrected chi connectivity index (χ4v) is 2.70. The maximum Gasteiger partial charge on any atom is 0.232 e. The highest BCUT2D eigenvalue weighted by atomic mass is 16.5. The summed E-state index contributed by atoms with van der Waals surface area (Å²) in [6, 6.07) is 7.96. The number of nitrogens with zero attached hydrogens (tertiary/aromatic N) is 2. The summed E-state index contributed by atoms with van der Waals surface area (Å²) in [6.07, 6.45) is 1.04. The van der Waals surface area contributed by atoms with Crippen LogP contribution in [0.3, 0.4) is 0 Å². The number of fused-ring (bicyclic) bond motifs is 1. The molecular formula is C16H20N2O3. The Morgan fingerprint density at radius 3 is 3.00 bits per heavy atom. The van der Waals surface area contributed by atoms with Gasteiger partial charge in [0.25, 0.3) is 0 Å². The number of ether oxygens (including phenoxy) is 1. The average Bonchev–Trinajstić information content (AvgIpc) is 3.02. The highest BCUT2D eigenvalue weighted by Crippen LogP contribution is 2.37. The van der Waals surface area contributed by atoms with Gasteiger partial charge >= 0.3 is 0 Å². The molecule has 3 atom stereocenters. The van der Waals surface area contributed by atoms with Crippen molar-refractivity contribution in [2.24, 2.45) is 0 Å². The third-order valence-electron chi connectivity index (χ3n) is 4.11. The van der Waals surface area contributed by atoms with Crippen LogP contribution in [0, 0.1) is 0 Å². The average molecular weight is 288 g/mol. The first-order valence-electron chi connectivity index (χ1n) is 7.44. The maximum atomic E-state index is 9.91. The standard InChI is InChI=1S/C16H20N2O3/c1-3-13(19)10(2)16-17-15(18-21-16)12-8-9-20-14-7-5-4-6-11(12)14/h4-7,10,12-13,19H,3,8-9H2,1-2H3. The minimum atomic E-state index is -0.458. The first kappa shape index (κ1) is 14.1. The molecule has 0 fully saturated rings. The number of para-hydroxylation sites is 1. The molecule has 1 N–H and O–H groups in total. The summed E-state index contributed by atoms with van der Waals surface area (Å²) in [7, 11) is 0. The Labute approximate surface area is 123 Å². The van der Waals surface area contributed by atoms with E-state index in [2.05, 4.69) is 10.1 Å². The van der Waals surface area contributed by atoms with E-state index in [0.29, 0.717) is 24.7 Å². The van der Waals surface area contributed by atoms with E-state index in [1.807, 2.05) is 38.1 Å². The van der Waals surface area contributed by atoms with Crippen molar-refractivity contribution in [3.63, 3.8) is 0 Å². The zero-order chi connectivity index (χ0) is 14.8. The Kier molecular flexibility index (Phi) is 3.92. The second kappa shape index (κ2) is 5.85. The first-order chi connectivity index (χ1) is 10.2. The van der Waals surface area contributed by atoms with E-state index in [1.165, 1.54) is 0 Å². The quantitative estimate of drug-likeness (QED) is 0.937. The molecule has 0 saturated carbocycles. The zero-order valence-corrected chi connectivity index (χ0v) is 12.3. The number of aliphatic hydroxyl groups excluding tert-OH is 1. The van der Waals surface area contributed by atoms with Crippen molar-refractivity contribution in [1.82, 2.24) is 10.1 Å². The summed E-state index contributed by atoms with van der Waals surface area (Å²) in [4.78, 5) is 4.51. The van der Waals surface area contributed by atoms with Gasteiger partial charge in [-0.25, -0.2) is 0 Å². The highest BCUT2D eigenvalue weighted by Gasteiger charge is 2.28. The van der Waals surface area contributed by atoms with Crippen molar-refractivity contribution in [2.75, 3.05) is 6.61 Å². The van der Waals surface area contributed by atoms with Gasteiger partial charge in [-0.05, 0) is 18.9 Å². The predicted octanol–water partition coefficient (Wildman–Crippen LogP) is 2.86. The van der Waals surface area contributed by atoms with Gasteiger partial charge in [0.05, 0.1) is 24.5 Å². The molecule has 0 amide bonds. The van der Waals surface area contributed by atoms with Crippen LogP contribution < -0.4 is 4.74 Å². The molecule has 5 nitrogen and oxygen atoms in total. The molecule has 3 rings (SSSR count). The van der Waals surface area contributed by atoms with Crippen molar-refractivity contribution in [3.8, 4) is 5.75 Å². The van der Waals surface area contributed by atoms with E-state index in [9.17, 15) is 5.11 Å². The molecule has 1 aromatic carbocycles. The van der Waals surface area contributed by atoms with Crippen molar-refractivity contribution in [1.29, 1.82) is 0 Å². The van der Waals surface area contributed by atoms with E-state index in [0.717, 1.165) is 17.7 Å². The molecule has 0 spiro atoms. The fourth-order valence-electron chi connectivity index (χ4n) is 2.70. The van der Waals surface area contributed by atoms with Crippen LogP contribution in [0.4, 0.5) is 0 Å². The van der Waals surface area contributed by atoms with E-state index >= 15 is 0 Å². The highest BCUT2D eigenvalue weighted by molar-refractivity contribution is 5.40. The van der Waals surface area contributed by atoms with Crippen LogP contribution in [0.25, 0.3) is 0 Å². The van der Waals surface area contributed by atoms with Crippen LogP contribution in [-0.2, 0) is 0 Å². The third-order valence-corrected chi connectivity index (χ3v) is 4.11. The Balaban J connectivity index is 1.88. The molecule has 3 unspecified atom stereocenters. The van der Waals surface area contributed by atoms with Gasteiger partial charge in [0.1, 0.15) is 5.75 Å². The van der Waals surface area contributed by atoms with Crippen LogP contribution in [-0.4, -0.2) is 28.0 Å². The van der Waals surface area contributed by atoms with Crippen LogP contribution in [0.2, 0.25) is 0 Å². The lowest BCUT2D eigenvalue weighted by molar-refractivity contribution is 0.129. The van der Waals surface area contributed by atoms with Gasteiger partial charge in [0.15, 0.2) is 5.82 Å². The van der Waals surface area contributed by atoms with Gasteiger partial charge in [-0.15, -0.1) is 0 Å². The van der Waals surface area contributed by atoms with Crippen LogP contribution in [0.15, 0.2) is 28.8 Å². The van der Waals surface area contributed by atoms with Gasteiger partial charge in [-0.3, -0.25) is 0 Å². The summed E-state index contributed by atoms with van der Waals surface area (Å²) in [5, 5.41) is 14.0. The van der Waals surface area contributed by atoms with E-state index in [-0.39, 0.29) is 11.8 Å². The molecule has 5 heteroatoms. The minimum absolute atomic E-state index is 0.0958. The molecule has 112 valence electrons. The number of aromatic nitrogens is 2. The Hall–Kier alpha value is -1.88. The molecule has 2 heterocycles. The number of aliphatic hydroxyl groups is 1. The van der Waals surface area contributed by atoms with Gasteiger partial charge in [0.2, 0.25) is 5.89 Å². The fraction of sp³-hybridized carbons (Fsp3) is 0.500. The minimum Gasteiger partial charge on any atom is -0.493 e. The molecule has 0 saturated heterocycles.